The average molecular weight is 606 g/mol. The van der Waals surface area contributed by atoms with Crippen molar-refractivity contribution in [3.05, 3.63) is 81.0 Å². The molecule has 0 saturated carbocycles. The number of hydrogen-bond donors (Lipinski definition) is 3. The van der Waals surface area contributed by atoms with Crippen molar-refractivity contribution in [3.63, 3.8) is 0 Å². The Hall–Kier alpha value is -3.96. The molecule has 0 aliphatic carbocycles. The van der Waals surface area contributed by atoms with E-state index < -0.39 is 23.5 Å². The van der Waals surface area contributed by atoms with E-state index in [0.717, 1.165) is 17.7 Å². The third-order valence-electron chi connectivity index (χ3n) is 4.91. The minimum absolute atomic E-state index is 0.257. The van der Waals surface area contributed by atoms with Gasteiger partial charge in [-0.15, -0.1) is 0 Å². The highest BCUT2D eigenvalue weighted by atomic mass is 79.9. The molecule has 0 bridgehead atoms. The van der Waals surface area contributed by atoms with Crippen molar-refractivity contribution in [2.45, 2.75) is 13.8 Å². The maximum Gasteiger partial charge on any atom is 0.329 e. The van der Waals surface area contributed by atoms with Crippen LogP contribution in [-0.4, -0.2) is 37.1 Å². The van der Waals surface area contributed by atoms with Gasteiger partial charge in [0.25, 0.3) is 5.91 Å². The molecule has 3 aromatic carbocycles. The Morgan fingerprint density at radius 2 is 1.79 bits per heavy atom. The quantitative estimate of drug-likeness (QED) is 0.179. The third-order valence-corrected chi connectivity index (χ3v) is 5.91. The Morgan fingerprint density at radius 3 is 2.50 bits per heavy atom. The lowest BCUT2D eigenvalue weighted by Crippen LogP contribution is -2.32. The molecular weight excluding hydrogens is 583 g/mol. The predicted octanol–water partition coefficient (Wildman–Crippen LogP) is 5.06. The van der Waals surface area contributed by atoms with Crippen LogP contribution in [0.25, 0.3) is 0 Å². The Kier molecular flexibility index (Phi) is 10.2. The summed E-state index contributed by atoms with van der Waals surface area (Å²) in [5.74, 6) is -2.23. The summed E-state index contributed by atoms with van der Waals surface area (Å²) in [5.41, 5.74) is 4.19. The summed E-state index contributed by atoms with van der Waals surface area (Å²) >= 11 is 9.50. The van der Waals surface area contributed by atoms with Crippen LogP contribution >= 0.6 is 27.5 Å². The molecule has 3 aromatic rings. The second-order valence-corrected chi connectivity index (χ2v) is 8.93. The van der Waals surface area contributed by atoms with Crippen LogP contribution in [0.4, 0.5) is 15.8 Å². The molecule has 3 N–H and O–H groups in total. The number of benzene rings is 3. The smallest absolute Gasteiger partial charge is 0.329 e. The van der Waals surface area contributed by atoms with E-state index in [0.29, 0.717) is 38.9 Å². The van der Waals surface area contributed by atoms with E-state index in [-0.39, 0.29) is 12.3 Å². The van der Waals surface area contributed by atoms with E-state index in [1.807, 2.05) is 0 Å². The number of nitrogens with one attached hydrogen (secondary N) is 3. The zero-order valence-corrected chi connectivity index (χ0v) is 22.7. The van der Waals surface area contributed by atoms with Gasteiger partial charge >= 0.3 is 11.8 Å². The van der Waals surface area contributed by atoms with E-state index in [2.05, 4.69) is 37.1 Å². The maximum absolute atomic E-state index is 13.0. The number of nitrogens with zero attached hydrogens (tertiary/aromatic N) is 1. The topological polar surface area (TPSA) is 118 Å². The average Bonchev–Trinajstić information content (AvgIpc) is 2.87. The molecule has 3 amide bonds. The van der Waals surface area contributed by atoms with Gasteiger partial charge in [-0.25, -0.2) is 9.82 Å². The fourth-order valence-corrected chi connectivity index (χ4v) is 3.82. The van der Waals surface area contributed by atoms with E-state index in [1.165, 1.54) is 18.3 Å². The molecule has 0 fully saturated rings. The largest absolute Gasteiger partial charge is 0.490 e. The van der Waals surface area contributed by atoms with Gasteiger partial charge in [-0.1, -0.05) is 17.7 Å². The Morgan fingerprint density at radius 1 is 1.05 bits per heavy atom. The molecule has 0 saturated heterocycles. The van der Waals surface area contributed by atoms with Crippen LogP contribution in [0.5, 0.6) is 11.5 Å². The van der Waals surface area contributed by atoms with Crippen molar-refractivity contribution in [1.29, 1.82) is 0 Å². The first-order valence-corrected chi connectivity index (χ1v) is 12.4. The van der Waals surface area contributed by atoms with Crippen molar-refractivity contribution in [1.82, 2.24) is 5.43 Å². The van der Waals surface area contributed by atoms with Crippen molar-refractivity contribution < 1.29 is 28.2 Å². The molecule has 0 aromatic heterocycles. The van der Waals surface area contributed by atoms with Gasteiger partial charge in [-0.3, -0.25) is 14.4 Å². The Balaban J connectivity index is 1.62. The molecule has 0 aliphatic rings. The molecule has 0 radical (unpaired) electrons. The second-order valence-electron chi connectivity index (χ2n) is 7.67. The molecule has 3 rings (SSSR count). The fourth-order valence-electron chi connectivity index (χ4n) is 3.07. The van der Waals surface area contributed by atoms with Crippen molar-refractivity contribution >= 4 is 62.8 Å². The number of hydrogen-bond acceptors (Lipinski definition) is 6. The van der Waals surface area contributed by atoms with Crippen LogP contribution in [-0.2, 0) is 14.4 Å². The number of amides is 3. The van der Waals surface area contributed by atoms with E-state index in [9.17, 15) is 18.8 Å². The number of rotatable bonds is 9. The molecule has 9 nitrogen and oxygen atoms in total. The van der Waals surface area contributed by atoms with Crippen LogP contribution in [0.15, 0.2) is 64.2 Å². The van der Waals surface area contributed by atoms with Gasteiger partial charge in [0.1, 0.15) is 5.82 Å². The van der Waals surface area contributed by atoms with E-state index in [4.69, 9.17) is 21.1 Å². The molecule has 198 valence electrons. The molecule has 0 atom stereocenters. The van der Waals surface area contributed by atoms with E-state index in [1.54, 1.807) is 44.2 Å². The number of halogens is 3. The number of ether oxygens (including phenoxy) is 2. The third kappa shape index (κ3) is 8.02. The molecule has 38 heavy (non-hydrogen) atoms. The van der Waals surface area contributed by atoms with Crippen LogP contribution < -0.4 is 25.5 Å². The number of carbonyl (C=O) groups is 3. The zero-order chi connectivity index (χ0) is 27.7. The summed E-state index contributed by atoms with van der Waals surface area (Å²) in [6.07, 6.45) is 1.30. The van der Waals surface area contributed by atoms with Crippen molar-refractivity contribution in [2.75, 3.05) is 23.8 Å². The summed E-state index contributed by atoms with van der Waals surface area (Å²) in [5, 5.41) is 9.41. The normalized spacial score (nSPS) is 10.7. The summed E-state index contributed by atoms with van der Waals surface area (Å²) in [6, 6.07) is 13.4. The summed E-state index contributed by atoms with van der Waals surface area (Å²) < 4.78 is 24.8. The molecule has 0 spiro atoms. The van der Waals surface area contributed by atoms with Crippen molar-refractivity contribution in [2.24, 2.45) is 5.10 Å². The highest BCUT2D eigenvalue weighted by molar-refractivity contribution is 9.10. The summed E-state index contributed by atoms with van der Waals surface area (Å²) in [7, 11) is 0. The van der Waals surface area contributed by atoms with Gasteiger partial charge in [-0.05, 0) is 89.4 Å². The number of carbonyl (C=O) groups excluding carboxylic acids is 3. The number of anilines is 2. The van der Waals surface area contributed by atoms with Gasteiger partial charge in [0.2, 0.25) is 0 Å². The standard InChI is InChI=1S/C26H23BrClFN4O5/c1-3-37-22-12-16(13-30-33-26(36)25(35)31-18-9-7-17(29)8-10-18)11-19(27)24(22)38-14-23(34)32-21-6-4-5-20(28)15(21)2/h4-13H,3,14H2,1-2H3,(H,31,35)(H,32,34)(H,33,36)/b30-13-. The van der Waals surface area contributed by atoms with Gasteiger partial charge in [0, 0.05) is 16.4 Å². The lowest BCUT2D eigenvalue weighted by molar-refractivity contribution is -0.136. The summed E-state index contributed by atoms with van der Waals surface area (Å²) in [6.45, 7) is 3.60. The minimum Gasteiger partial charge on any atom is -0.490 e. The molecular formula is C26H23BrClFN4O5. The van der Waals surface area contributed by atoms with Crippen LogP contribution in [0, 0.1) is 12.7 Å². The van der Waals surface area contributed by atoms with Crippen LogP contribution in [0.3, 0.4) is 0 Å². The van der Waals surface area contributed by atoms with Gasteiger partial charge in [0.15, 0.2) is 18.1 Å². The fraction of sp³-hybridized carbons (Fsp3) is 0.154. The highest BCUT2D eigenvalue weighted by Crippen LogP contribution is 2.36. The predicted molar refractivity (Wildman–Crippen MR) is 146 cm³/mol. The van der Waals surface area contributed by atoms with Gasteiger partial charge in [-0.2, -0.15) is 5.10 Å². The molecule has 0 unspecified atom stereocenters. The first-order chi connectivity index (χ1) is 18.2. The molecule has 12 heteroatoms. The van der Waals surface area contributed by atoms with Crippen LogP contribution in [0.1, 0.15) is 18.1 Å². The minimum atomic E-state index is -1.02. The maximum atomic E-state index is 13.0. The highest BCUT2D eigenvalue weighted by Gasteiger charge is 2.16. The second kappa shape index (κ2) is 13.5. The van der Waals surface area contributed by atoms with Crippen LogP contribution in [0.2, 0.25) is 5.02 Å². The molecule has 0 aliphatic heterocycles. The monoisotopic (exact) mass is 604 g/mol. The van der Waals surface area contributed by atoms with Gasteiger partial charge < -0.3 is 20.1 Å². The lowest BCUT2D eigenvalue weighted by atomic mass is 10.2. The van der Waals surface area contributed by atoms with E-state index >= 15 is 0 Å². The SMILES string of the molecule is CCOc1cc(/C=N\NC(=O)C(=O)Nc2ccc(F)cc2)cc(Br)c1OCC(=O)Nc1cccc(Cl)c1C. The first-order valence-electron chi connectivity index (χ1n) is 11.2. The molecule has 0 heterocycles. The Labute approximate surface area is 231 Å². The first kappa shape index (κ1) is 28.6. The summed E-state index contributed by atoms with van der Waals surface area (Å²) in [4.78, 5) is 36.4. The lowest BCUT2D eigenvalue weighted by Gasteiger charge is -2.15. The number of hydrazone groups is 1. The Bertz CT molecular complexity index is 1370. The van der Waals surface area contributed by atoms with Gasteiger partial charge in [0.05, 0.1) is 17.3 Å². The zero-order valence-electron chi connectivity index (χ0n) is 20.3. The van der Waals surface area contributed by atoms with Crippen molar-refractivity contribution in [3.8, 4) is 11.5 Å².